The monoisotopic (exact) mass is 304 g/mol. The van der Waals surface area contributed by atoms with Gasteiger partial charge in [-0.3, -0.25) is 5.10 Å². The van der Waals surface area contributed by atoms with E-state index in [4.69, 9.17) is 4.74 Å². The summed E-state index contributed by atoms with van der Waals surface area (Å²) >= 11 is 3.23. The molecule has 0 saturated carbocycles. The van der Waals surface area contributed by atoms with Crippen LogP contribution < -0.4 is 10.1 Å². The Morgan fingerprint density at radius 1 is 1.25 bits per heavy atom. The van der Waals surface area contributed by atoms with Gasteiger partial charge >= 0.3 is 0 Å². The molecule has 1 aromatic carbocycles. The van der Waals surface area contributed by atoms with Gasteiger partial charge in [0.05, 0.1) is 17.0 Å². The maximum absolute atomic E-state index is 5.28. The summed E-state index contributed by atoms with van der Waals surface area (Å²) in [6.45, 7) is 0. The van der Waals surface area contributed by atoms with E-state index in [2.05, 4.69) is 20.5 Å². The number of aromatic amines is 1. The van der Waals surface area contributed by atoms with Crippen molar-refractivity contribution >= 4 is 34.7 Å². The SMILES string of the molecule is COc1ccccc1Nc1n[nH]c(Sc2cccs2)n1. The molecule has 0 radical (unpaired) electrons. The quantitative estimate of drug-likeness (QED) is 0.751. The maximum atomic E-state index is 5.28. The summed E-state index contributed by atoms with van der Waals surface area (Å²) in [4.78, 5) is 4.39. The van der Waals surface area contributed by atoms with Gasteiger partial charge in [0, 0.05) is 0 Å². The van der Waals surface area contributed by atoms with Gasteiger partial charge in [0.2, 0.25) is 5.95 Å². The lowest BCUT2D eigenvalue weighted by molar-refractivity contribution is 0.417. The fourth-order valence-electron chi connectivity index (χ4n) is 1.63. The average Bonchev–Trinajstić information content (AvgIpc) is 3.12. The molecule has 20 heavy (non-hydrogen) atoms. The lowest BCUT2D eigenvalue weighted by atomic mass is 10.3. The Balaban J connectivity index is 1.74. The lowest BCUT2D eigenvalue weighted by Gasteiger charge is -2.07. The first-order valence-corrected chi connectivity index (χ1v) is 7.58. The van der Waals surface area contributed by atoms with Crippen LogP contribution in [0, 0.1) is 0 Å². The molecule has 0 spiro atoms. The molecule has 102 valence electrons. The number of aromatic nitrogens is 3. The van der Waals surface area contributed by atoms with Crippen LogP contribution in [0.1, 0.15) is 0 Å². The predicted octanol–water partition coefficient (Wildman–Crippen LogP) is 3.77. The Morgan fingerprint density at radius 2 is 2.15 bits per heavy atom. The fourth-order valence-corrected chi connectivity index (χ4v) is 3.24. The van der Waals surface area contributed by atoms with Crippen LogP contribution in [0.5, 0.6) is 5.75 Å². The van der Waals surface area contributed by atoms with Crippen LogP contribution in [0.3, 0.4) is 0 Å². The highest BCUT2D eigenvalue weighted by atomic mass is 32.2. The zero-order chi connectivity index (χ0) is 13.8. The number of nitrogens with zero attached hydrogens (tertiary/aromatic N) is 2. The van der Waals surface area contributed by atoms with Crippen LogP contribution in [-0.2, 0) is 0 Å². The minimum atomic E-state index is 0.522. The van der Waals surface area contributed by atoms with Gasteiger partial charge in [-0.2, -0.15) is 4.98 Å². The second-order valence-electron chi connectivity index (χ2n) is 3.82. The molecule has 7 heteroatoms. The maximum Gasteiger partial charge on any atom is 0.247 e. The van der Waals surface area contributed by atoms with Crippen molar-refractivity contribution in [3.8, 4) is 5.75 Å². The Hall–Kier alpha value is -1.99. The standard InChI is InChI=1S/C13H12N4OS2/c1-18-10-6-3-2-5-9(10)14-12-15-13(17-16-12)20-11-7-4-8-19-11/h2-8H,1H3,(H2,14,15,16,17). The number of anilines is 2. The second kappa shape index (κ2) is 5.98. The third-order valence-electron chi connectivity index (χ3n) is 2.51. The van der Waals surface area contributed by atoms with Gasteiger partial charge in [0.1, 0.15) is 5.75 Å². The van der Waals surface area contributed by atoms with Gasteiger partial charge in [0.25, 0.3) is 0 Å². The summed E-state index contributed by atoms with van der Waals surface area (Å²) in [7, 11) is 1.64. The van der Waals surface area contributed by atoms with E-state index in [-0.39, 0.29) is 0 Å². The number of para-hydroxylation sites is 2. The minimum absolute atomic E-state index is 0.522. The first-order chi connectivity index (χ1) is 9.85. The fraction of sp³-hybridized carbons (Fsp3) is 0.0769. The minimum Gasteiger partial charge on any atom is -0.495 e. The van der Waals surface area contributed by atoms with Crippen molar-refractivity contribution in [2.45, 2.75) is 9.37 Å². The molecule has 2 aromatic heterocycles. The summed E-state index contributed by atoms with van der Waals surface area (Å²) in [5.74, 6) is 1.28. The van der Waals surface area contributed by atoms with E-state index in [1.54, 1.807) is 30.2 Å². The number of benzene rings is 1. The molecule has 0 bridgehead atoms. The van der Waals surface area contributed by atoms with Gasteiger partial charge < -0.3 is 10.1 Å². The summed E-state index contributed by atoms with van der Waals surface area (Å²) < 4.78 is 6.45. The summed E-state index contributed by atoms with van der Waals surface area (Å²) in [5.41, 5.74) is 0.835. The van der Waals surface area contributed by atoms with Crippen molar-refractivity contribution < 1.29 is 4.74 Å². The first kappa shape index (κ1) is 13.0. The number of rotatable bonds is 5. The van der Waals surface area contributed by atoms with Crippen LogP contribution in [0.15, 0.2) is 51.1 Å². The molecule has 0 atom stereocenters. The number of methoxy groups -OCH3 is 1. The van der Waals surface area contributed by atoms with Crippen LogP contribution >= 0.6 is 23.1 Å². The molecule has 5 nitrogen and oxygen atoms in total. The van der Waals surface area contributed by atoms with Crippen molar-refractivity contribution in [2.24, 2.45) is 0 Å². The number of thiophene rings is 1. The average molecular weight is 304 g/mol. The smallest absolute Gasteiger partial charge is 0.247 e. The number of H-pyrrole nitrogens is 1. The number of hydrogen-bond donors (Lipinski definition) is 2. The molecule has 2 heterocycles. The largest absolute Gasteiger partial charge is 0.495 e. The second-order valence-corrected chi connectivity index (χ2v) is 6.06. The van der Waals surface area contributed by atoms with E-state index in [1.165, 1.54) is 4.21 Å². The zero-order valence-corrected chi connectivity index (χ0v) is 12.3. The van der Waals surface area contributed by atoms with Crippen LogP contribution in [0.2, 0.25) is 0 Å². The van der Waals surface area contributed by atoms with Crippen molar-refractivity contribution in [1.82, 2.24) is 15.2 Å². The Bertz CT molecular complexity index is 681. The van der Waals surface area contributed by atoms with E-state index in [9.17, 15) is 0 Å². The summed E-state index contributed by atoms with van der Waals surface area (Å²) in [6, 6.07) is 11.7. The number of hydrogen-bond acceptors (Lipinski definition) is 6. The van der Waals surface area contributed by atoms with Gasteiger partial charge in [-0.1, -0.05) is 18.2 Å². The molecule has 0 amide bonds. The Morgan fingerprint density at radius 3 is 2.95 bits per heavy atom. The van der Waals surface area contributed by atoms with Crippen LogP contribution in [0.4, 0.5) is 11.6 Å². The zero-order valence-electron chi connectivity index (χ0n) is 10.7. The van der Waals surface area contributed by atoms with Crippen molar-refractivity contribution in [2.75, 3.05) is 12.4 Å². The Kier molecular flexibility index (Phi) is 3.89. The van der Waals surface area contributed by atoms with E-state index < -0.39 is 0 Å². The van der Waals surface area contributed by atoms with Crippen LogP contribution in [0.25, 0.3) is 0 Å². The highest BCUT2D eigenvalue weighted by Crippen LogP contribution is 2.30. The molecular weight excluding hydrogens is 292 g/mol. The van der Waals surface area contributed by atoms with Crippen molar-refractivity contribution in [3.63, 3.8) is 0 Å². The van der Waals surface area contributed by atoms with Gasteiger partial charge in [-0.25, -0.2) is 0 Å². The van der Waals surface area contributed by atoms with E-state index in [0.717, 1.165) is 16.6 Å². The summed E-state index contributed by atoms with van der Waals surface area (Å²) in [5, 5.41) is 13.0. The van der Waals surface area contributed by atoms with E-state index >= 15 is 0 Å². The predicted molar refractivity (Wildman–Crippen MR) is 81.1 cm³/mol. The topological polar surface area (TPSA) is 62.8 Å². The molecule has 0 aliphatic carbocycles. The number of nitrogens with one attached hydrogen (secondary N) is 2. The molecule has 0 aliphatic heterocycles. The van der Waals surface area contributed by atoms with Gasteiger partial charge in [-0.15, -0.1) is 16.4 Å². The highest BCUT2D eigenvalue weighted by molar-refractivity contribution is 8.01. The van der Waals surface area contributed by atoms with E-state index in [0.29, 0.717) is 5.95 Å². The lowest BCUT2D eigenvalue weighted by Crippen LogP contribution is -1.95. The first-order valence-electron chi connectivity index (χ1n) is 5.89. The van der Waals surface area contributed by atoms with Gasteiger partial charge in [-0.05, 0) is 35.3 Å². The van der Waals surface area contributed by atoms with Crippen molar-refractivity contribution in [3.05, 3.63) is 41.8 Å². The molecule has 0 saturated heterocycles. The van der Waals surface area contributed by atoms with Crippen molar-refractivity contribution in [1.29, 1.82) is 0 Å². The molecule has 3 rings (SSSR count). The number of ether oxygens (including phenoxy) is 1. The summed E-state index contributed by atoms with van der Waals surface area (Å²) in [6.07, 6.45) is 0. The molecule has 3 aromatic rings. The molecule has 0 fully saturated rings. The third kappa shape index (κ3) is 2.94. The van der Waals surface area contributed by atoms with E-state index in [1.807, 2.05) is 41.8 Å². The third-order valence-corrected chi connectivity index (χ3v) is 4.42. The molecular formula is C13H12N4OS2. The molecule has 0 unspecified atom stereocenters. The molecule has 2 N–H and O–H groups in total. The molecule has 0 aliphatic rings. The van der Waals surface area contributed by atoms with Gasteiger partial charge in [0.15, 0.2) is 5.16 Å². The Labute approximate surface area is 124 Å². The highest BCUT2D eigenvalue weighted by Gasteiger charge is 2.08. The normalized spacial score (nSPS) is 10.4. The van der Waals surface area contributed by atoms with Crippen LogP contribution in [-0.4, -0.2) is 22.3 Å².